The highest BCUT2D eigenvalue weighted by Crippen LogP contribution is 2.39. The van der Waals surface area contributed by atoms with Crippen LogP contribution in [-0.2, 0) is 0 Å². The normalized spacial score (nSPS) is 18.3. The average molecular weight is 180 g/mol. The molecule has 3 heteroatoms. The highest BCUT2D eigenvalue weighted by Gasteiger charge is 2.37. The zero-order valence-corrected chi connectivity index (χ0v) is 7.60. The molecule has 0 bridgehead atoms. The van der Waals surface area contributed by atoms with Gasteiger partial charge in [-0.15, -0.1) is 0 Å². The Morgan fingerprint density at radius 3 is 2.69 bits per heavy atom. The Kier molecular flexibility index (Phi) is 1.68. The minimum atomic E-state index is -0.288. The molecule has 0 aliphatic heterocycles. The van der Waals surface area contributed by atoms with Crippen molar-refractivity contribution in [3.63, 3.8) is 0 Å². The van der Waals surface area contributed by atoms with Crippen LogP contribution in [0.15, 0.2) is 18.2 Å². The Morgan fingerprint density at radius 2 is 2.15 bits per heavy atom. The third-order valence-electron chi connectivity index (χ3n) is 2.45. The van der Waals surface area contributed by atoms with Crippen LogP contribution in [-0.4, -0.2) is 5.54 Å². The van der Waals surface area contributed by atoms with E-state index in [4.69, 9.17) is 5.73 Å². The molecule has 0 aromatic heterocycles. The maximum Gasteiger partial charge on any atom is 0.125 e. The number of rotatable bonds is 2. The zero-order valence-electron chi connectivity index (χ0n) is 7.60. The van der Waals surface area contributed by atoms with Crippen LogP contribution in [0.5, 0.6) is 0 Å². The van der Waals surface area contributed by atoms with Crippen LogP contribution in [0.25, 0.3) is 0 Å². The first-order chi connectivity index (χ1) is 6.09. The van der Waals surface area contributed by atoms with Crippen molar-refractivity contribution >= 4 is 11.4 Å². The van der Waals surface area contributed by atoms with Crippen LogP contribution in [0.2, 0.25) is 0 Å². The summed E-state index contributed by atoms with van der Waals surface area (Å²) in [5, 5.41) is 3.30. The first-order valence-corrected chi connectivity index (χ1v) is 4.42. The fraction of sp³-hybridized carbons (Fsp3) is 0.400. The molecule has 3 N–H and O–H groups in total. The highest BCUT2D eigenvalue weighted by atomic mass is 19.1. The van der Waals surface area contributed by atoms with Crippen molar-refractivity contribution in [2.75, 3.05) is 11.1 Å². The number of nitrogens with one attached hydrogen (secondary N) is 1. The van der Waals surface area contributed by atoms with Crippen molar-refractivity contribution in [2.45, 2.75) is 25.3 Å². The molecule has 0 radical (unpaired) electrons. The first kappa shape index (κ1) is 8.35. The molecule has 1 aromatic carbocycles. The number of anilines is 2. The quantitative estimate of drug-likeness (QED) is 0.686. The van der Waals surface area contributed by atoms with Gasteiger partial charge in [-0.3, -0.25) is 0 Å². The second-order valence-electron chi connectivity index (χ2n) is 3.92. The van der Waals surface area contributed by atoms with E-state index in [0.717, 1.165) is 18.5 Å². The number of benzene rings is 1. The van der Waals surface area contributed by atoms with E-state index in [9.17, 15) is 4.39 Å². The van der Waals surface area contributed by atoms with Crippen LogP contribution in [0.1, 0.15) is 19.8 Å². The smallest absolute Gasteiger partial charge is 0.125 e. The van der Waals surface area contributed by atoms with Crippen molar-refractivity contribution in [3.05, 3.63) is 24.0 Å². The van der Waals surface area contributed by atoms with Gasteiger partial charge in [0.15, 0.2) is 0 Å². The topological polar surface area (TPSA) is 38.0 Å². The van der Waals surface area contributed by atoms with E-state index in [0.29, 0.717) is 5.69 Å². The summed E-state index contributed by atoms with van der Waals surface area (Å²) in [6.45, 7) is 2.13. The molecule has 0 atom stereocenters. The predicted octanol–water partition coefficient (Wildman–Crippen LogP) is 2.37. The molecule has 2 rings (SSSR count). The zero-order chi connectivity index (χ0) is 9.47. The van der Waals surface area contributed by atoms with Crippen LogP contribution < -0.4 is 11.1 Å². The minimum Gasteiger partial charge on any atom is -0.397 e. The summed E-state index contributed by atoms with van der Waals surface area (Å²) >= 11 is 0. The van der Waals surface area contributed by atoms with Gasteiger partial charge < -0.3 is 11.1 Å². The highest BCUT2D eigenvalue weighted by molar-refractivity contribution is 5.67. The van der Waals surface area contributed by atoms with E-state index in [-0.39, 0.29) is 11.4 Å². The number of nitrogens with two attached hydrogens (primary N) is 1. The Balaban J connectivity index is 2.20. The third kappa shape index (κ3) is 1.74. The summed E-state index contributed by atoms with van der Waals surface area (Å²) in [4.78, 5) is 0. The molecule has 13 heavy (non-hydrogen) atoms. The van der Waals surface area contributed by atoms with Gasteiger partial charge in [-0.25, -0.2) is 4.39 Å². The van der Waals surface area contributed by atoms with Crippen LogP contribution in [0.3, 0.4) is 0 Å². The van der Waals surface area contributed by atoms with E-state index < -0.39 is 0 Å². The summed E-state index contributed by atoms with van der Waals surface area (Å²) < 4.78 is 12.7. The van der Waals surface area contributed by atoms with E-state index in [1.54, 1.807) is 6.07 Å². The molecular formula is C10H13FN2. The summed E-state index contributed by atoms with van der Waals surface area (Å²) in [7, 11) is 0. The summed E-state index contributed by atoms with van der Waals surface area (Å²) in [5.74, 6) is -0.288. The molecule has 70 valence electrons. The minimum absolute atomic E-state index is 0.186. The van der Waals surface area contributed by atoms with E-state index in [2.05, 4.69) is 12.2 Å². The summed E-state index contributed by atoms with van der Waals surface area (Å²) in [6.07, 6.45) is 2.31. The third-order valence-corrected chi connectivity index (χ3v) is 2.45. The maximum atomic E-state index is 12.7. The Bertz CT molecular complexity index is 332. The van der Waals surface area contributed by atoms with Gasteiger partial charge in [0, 0.05) is 5.54 Å². The fourth-order valence-electron chi connectivity index (χ4n) is 1.29. The van der Waals surface area contributed by atoms with Gasteiger partial charge >= 0.3 is 0 Å². The lowest BCUT2D eigenvalue weighted by Crippen LogP contribution is -2.16. The molecular weight excluding hydrogens is 167 g/mol. The molecule has 1 fully saturated rings. The molecule has 1 aliphatic rings. The van der Waals surface area contributed by atoms with Gasteiger partial charge in [0.1, 0.15) is 5.82 Å². The maximum absolute atomic E-state index is 12.7. The van der Waals surface area contributed by atoms with Crippen molar-refractivity contribution in [1.29, 1.82) is 0 Å². The largest absolute Gasteiger partial charge is 0.397 e. The van der Waals surface area contributed by atoms with Crippen LogP contribution >= 0.6 is 0 Å². The van der Waals surface area contributed by atoms with Crippen molar-refractivity contribution in [2.24, 2.45) is 0 Å². The van der Waals surface area contributed by atoms with Gasteiger partial charge in [-0.2, -0.15) is 0 Å². The monoisotopic (exact) mass is 180 g/mol. The standard InChI is InChI=1S/C10H13FN2/c1-10(4-5-10)13-9-3-2-7(11)6-8(9)12/h2-3,6,13H,4-5,12H2,1H3. The molecule has 0 saturated heterocycles. The average Bonchev–Trinajstić information content (AvgIpc) is 2.75. The first-order valence-electron chi connectivity index (χ1n) is 4.42. The van der Waals surface area contributed by atoms with Gasteiger partial charge in [0.2, 0.25) is 0 Å². The fourth-order valence-corrected chi connectivity index (χ4v) is 1.29. The molecule has 1 aliphatic carbocycles. The van der Waals surface area contributed by atoms with Gasteiger partial charge in [-0.05, 0) is 38.0 Å². The second-order valence-corrected chi connectivity index (χ2v) is 3.92. The van der Waals surface area contributed by atoms with E-state index >= 15 is 0 Å². The predicted molar refractivity (Wildman–Crippen MR) is 52.1 cm³/mol. The molecule has 0 amide bonds. The Hall–Kier alpha value is -1.25. The van der Waals surface area contributed by atoms with Crippen molar-refractivity contribution < 1.29 is 4.39 Å². The number of nitrogen functional groups attached to an aromatic ring is 1. The summed E-state index contributed by atoms with van der Waals surface area (Å²) in [6, 6.07) is 4.45. The van der Waals surface area contributed by atoms with E-state index in [1.165, 1.54) is 12.1 Å². The SMILES string of the molecule is CC1(Nc2ccc(F)cc2N)CC1. The van der Waals surface area contributed by atoms with Gasteiger partial charge in [-0.1, -0.05) is 0 Å². The number of hydrogen-bond acceptors (Lipinski definition) is 2. The summed E-state index contributed by atoms with van der Waals surface area (Å²) in [5.41, 5.74) is 7.15. The lowest BCUT2D eigenvalue weighted by molar-refractivity contribution is 0.628. The Morgan fingerprint density at radius 1 is 1.46 bits per heavy atom. The second kappa shape index (κ2) is 2.62. The number of halogens is 1. The Labute approximate surface area is 76.9 Å². The molecule has 2 nitrogen and oxygen atoms in total. The molecule has 1 aromatic rings. The van der Waals surface area contributed by atoms with Crippen molar-refractivity contribution in [3.8, 4) is 0 Å². The van der Waals surface area contributed by atoms with Crippen LogP contribution in [0, 0.1) is 5.82 Å². The van der Waals surface area contributed by atoms with E-state index in [1.807, 2.05) is 0 Å². The number of hydrogen-bond donors (Lipinski definition) is 2. The van der Waals surface area contributed by atoms with Crippen LogP contribution in [0.4, 0.5) is 15.8 Å². The van der Waals surface area contributed by atoms with Gasteiger partial charge in [0.05, 0.1) is 11.4 Å². The molecule has 0 unspecified atom stereocenters. The lowest BCUT2D eigenvalue weighted by Gasteiger charge is -2.14. The molecule has 0 spiro atoms. The van der Waals surface area contributed by atoms with Gasteiger partial charge in [0.25, 0.3) is 0 Å². The molecule has 1 saturated carbocycles. The molecule has 0 heterocycles. The lowest BCUT2D eigenvalue weighted by atomic mass is 10.2. The van der Waals surface area contributed by atoms with Crippen molar-refractivity contribution in [1.82, 2.24) is 0 Å².